The van der Waals surface area contributed by atoms with Crippen molar-refractivity contribution in [1.82, 2.24) is 4.90 Å². The normalized spacial score (nSPS) is 11.3. The van der Waals surface area contributed by atoms with E-state index in [0.29, 0.717) is 12.6 Å². The van der Waals surface area contributed by atoms with Crippen LogP contribution >= 0.6 is 0 Å². The molecule has 0 aliphatic carbocycles. The van der Waals surface area contributed by atoms with Gasteiger partial charge in [0.05, 0.1) is 0 Å². The Kier molecular flexibility index (Phi) is 4.56. The molecule has 0 aromatic heterocycles. The van der Waals surface area contributed by atoms with Gasteiger partial charge in [0, 0.05) is 24.8 Å². The first-order valence-electron chi connectivity index (χ1n) is 5.28. The molecule has 15 heavy (non-hydrogen) atoms. The van der Waals surface area contributed by atoms with Gasteiger partial charge in [-0.05, 0) is 31.5 Å². The molecule has 0 heterocycles. The summed E-state index contributed by atoms with van der Waals surface area (Å²) < 4.78 is 12.3. The third-order valence-electron chi connectivity index (χ3n) is 2.47. The maximum Gasteiger partial charge on any atom is 0.102 e. The maximum absolute atomic E-state index is 12.3. The quantitative estimate of drug-likeness (QED) is 0.756. The lowest BCUT2D eigenvalue weighted by Gasteiger charge is -2.25. The number of benzene rings is 1. The number of hydrogen-bond acceptors (Lipinski definition) is 2. The Morgan fingerprint density at radius 2 is 1.87 bits per heavy atom. The van der Waals surface area contributed by atoms with Crippen molar-refractivity contribution in [3.63, 3.8) is 0 Å². The summed E-state index contributed by atoms with van der Waals surface area (Å²) in [6, 6.07) is 8.09. The summed E-state index contributed by atoms with van der Waals surface area (Å²) in [4.78, 5) is 2.10. The molecule has 2 N–H and O–H groups in total. The molecule has 0 saturated carbocycles. The standard InChI is InChI=1S/C12H19FN2/c1-10(2)15(8-7-13)9-11-3-5-12(14)6-4-11/h3-6,10H,7-9,14H2,1-2H3. The number of halogens is 1. The maximum atomic E-state index is 12.3. The van der Waals surface area contributed by atoms with E-state index in [4.69, 9.17) is 5.73 Å². The second kappa shape index (κ2) is 5.71. The Morgan fingerprint density at radius 3 is 2.33 bits per heavy atom. The number of anilines is 1. The summed E-state index contributed by atoms with van der Waals surface area (Å²) >= 11 is 0. The molecule has 2 nitrogen and oxygen atoms in total. The summed E-state index contributed by atoms with van der Waals surface area (Å²) in [7, 11) is 0. The minimum absolute atomic E-state index is 0.298. The van der Waals surface area contributed by atoms with E-state index < -0.39 is 0 Å². The molecule has 0 aliphatic rings. The van der Waals surface area contributed by atoms with Crippen molar-refractivity contribution in [2.45, 2.75) is 26.4 Å². The van der Waals surface area contributed by atoms with E-state index in [2.05, 4.69) is 18.7 Å². The molecule has 0 fully saturated rings. The lowest BCUT2D eigenvalue weighted by molar-refractivity contribution is 0.195. The Balaban J connectivity index is 2.61. The van der Waals surface area contributed by atoms with Crippen molar-refractivity contribution in [2.75, 3.05) is 19.0 Å². The zero-order valence-electron chi connectivity index (χ0n) is 9.41. The smallest absolute Gasteiger partial charge is 0.102 e. The first-order chi connectivity index (χ1) is 7.13. The molecule has 0 amide bonds. The lowest BCUT2D eigenvalue weighted by atomic mass is 10.2. The van der Waals surface area contributed by atoms with Gasteiger partial charge in [-0.1, -0.05) is 12.1 Å². The molecule has 0 atom stereocenters. The Hall–Kier alpha value is -1.09. The zero-order valence-corrected chi connectivity index (χ0v) is 9.41. The monoisotopic (exact) mass is 210 g/mol. The first kappa shape index (κ1) is 12.0. The van der Waals surface area contributed by atoms with Crippen LogP contribution in [0.4, 0.5) is 10.1 Å². The topological polar surface area (TPSA) is 29.3 Å². The molecule has 0 saturated heterocycles. The third-order valence-corrected chi connectivity index (χ3v) is 2.47. The summed E-state index contributed by atoms with van der Waals surface area (Å²) in [6.07, 6.45) is 0. The van der Waals surface area contributed by atoms with Gasteiger partial charge in [-0.15, -0.1) is 0 Å². The van der Waals surface area contributed by atoms with Crippen LogP contribution in [-0.2, 0) is 6.54 Å². The summed E-state index contributed by atoms with van der Waals surface area (Å²) in [5.41, 5.74) is 7.54. The molecular formula is C12H19FN2. The molecule has 1 aromatic carbocycles. The van der Waals surface area contributed by atoms with Gasteiger partial charge >= 0.3 is 0 Å². The van der Waals surface area contributed by atoms with Crippen molar-refractivity contribution < 1.29 is 4.39 Å². The fraction of sp³-hybridized carbons (Fsp3) is 0.500. The van der Waals surface area contributed by atoms with E-state index in [1.165, 1.54) is 5.56 Å². The highest BCUT2D eigenvalue weighted by atomic mass is 19.1. The van der Waals surface area contributed by atoms with Gasteiger partial charge in [-0.3, -0.25) is 4.90 Å². The van der Waals surface area contributed by atoms with Gasteiger partial charge < -0.3 is 5.73 Å². The van der Waals surface area contributed by atoms with Crippen molar-refractivity contribution in [3.8, 4) is 0 Å². The molecule has 1 aromatic rings. The van der Waals surface area contributed by atoms with E-state index in [-0.39, 0.29) is 6.67 Å². The predicted octanol–water partition coefficient (Wildman–Crippen LogP) is 2.45. The van der Waals surface area contributed by atoms with Crippen LogP contribution in [0.25, 0.3) is 0 Å². The Morgan fingerprint density at radius 1 is 1.27 bits per heavy atom. The van der Waals surface area contributed by atoms with Crippen molar-refractivity contribution in [1.29, 1.82) is 0 Å². The van der Waals surface area contributed by atoms with E-state index in [1.54, 1.807) is 0 Å². The van der Waals surface area contributed by atoms with Crippen LogP contribution in [0.1, 0.15) is 19.4 Å². The van der Waals surface area contributed by atoms with Crippen LogP contribution in [0.2, 0.25) is 0 Å². The highest BCUT2D eigenvalue weighted by Gasteiger charge is 2.09. The molecule has 3 heteroatoms. The minimum atomic E-state index is -0.298. The van der Waals surface area contributed by atoms with Crippen LogP contribution in [0.5, 0.6) is 0 Å². The van der Waals surface area contributed by atoms with Crippen molar-refractivity contribution in [3.05, 3.63) is 29.8 Å². The predicted molar refractivity (Wildman–Crippen MR) is 62.4 cm³/mol. The van der Waals surface area contributed by atoms with Gasteiger partial charge in [0.2, 0.25) is 0 Å². The van der Waals surface area contributed by atoms with E-state index in [0.717, 1.165) is 12.2 Å². The first-order valence-corrected chi connectivity index (χ1v) is 5.28. The summed E-state index contributed by atoms with van der Waals surface area (Å²) in [5.74, 6) is 0. The Bertz CT molecular complexity index is 282. The molecule has 0 unspecified atom stereocenters. The van der Waals surface area contributed by atoms with Crippen molar-refractivity contribution >= 4 is 5.69 Å². The van der Waals surface area contributed by atoms with Gasteiger partial charge in [-0.25, -0.2) is 4.39 Å². The van der Waals surface area contributed by atoms with Crippen LogP contribution in [-0.4, -0.2) is 24.2 Å². The second-order valence-electron chi connectivity index (χ2n) is 3.99. The fourth-order valence-electron chi connectivity index (χ4n) is 1.49. The van der Waals surface area contributed by atoms with E-state index in [9.17, 15) is 4.39 Å². The highest BCUT2D eigenvalue weighted by Crippen LogP contribution is 2.10. The number of alkyl halides is 1. The van der Waals surface area contributed by atoms with Crippen LogP contribution in [0.15, 0.2) is 24.3 Å². The number of hydrogen-bond donors (Lipinski definition) is 1. The van der Waals surface area contributed by atoms with Crippen LogP contribution in [0, 0.1) is 0 Å². The van der Waals surface area contributed by atoms with Gasteiger partial charge in [0.15, 0.2) is 0 Å². The average molecular weight is 210 g/mol. The number of nitrogens with two attached hydrogens (primary N) is 1. The molecular weight excluding hydrogens is 191 g/mol. The second-order valence-corrected chi connectivity index (χ2v) is 3.99. The van der Waals surface area contributed by atoms with Gasteiger partial charge in [-0.2, -0.15) is 0 Å². The van der Waals surface area contributed by atoms with Crippen molar-refractivity contribution in [2.24, 2.45) is 0 Å². The Labute approximate surface area is 90.9 Å². The third kappa shape index (κ3) is 3.88. The largest absolute Gasteiger partial charge is 0.399 e. The summed E-state index contributed by atoms with van der Waals surface area (Å²) in [5, 5.41) is 0. The highest BCUT2D eigenvalue weighted by molar-refractivity contribution is 5.39. The zero-order chi connectivity index (χ0) is 11.3. The van der Waals surface area contributed by atoms with E-state index >= 15 is 0 Å². The summed E-state index contributed by atoms with van der Waals surface area (Å²) in [6.45, 7) is 5.12. The fourth-order valence-corrected chi connectivity index (χ4v) is 1.49. The molecule has 0 aliphatic heterocycles. The van der Waals surface area contributed by atoms with Gasteiger partial charge in [0.1, 0.15) is 6.67 Å². The lowest BCUT2D eigenvalue weighted by Crippen LogP contribution is -2.32. The number of nitrogens with zero attached hydrogens (tertiary/aromatic N) is 1. The van der Waals surface area contributed by atoms with Gasteiger partial charge in [0.25, 0.3) is 0 Å². The molecule has 1 rings (SSSR count). The van der Waals surface area contributed by atoms with Crippen LogP contribution < -0.4 is 5.73 Å². The molecule has 0 bridgehead atoms. The average Bonchev–Trinajstić information content (AvgIpc) is 2.20. The minimum Gasteiger partial charge on any atom is -0.399 e. The van der Waals surface area contributed by atoms with Crippen LogP contribution in [0.3, 0.4) is 0 Å². The molecule has 0 spiro atoms. The number of nitrogen functional groups attached to an aromatic ring is 1. The SMILES string of the molecule is CC(C)N(CCF)Cc1ccc(N)cc1. The van der Waals surface area contributed by atoms with E-state index in [1.807, 2.05) is 24.3 Å². The number of rotatable bonds is 5. The molecule has 0 radical (unpaired) electrons. The molecule has 84 valence electrons.